The van der Waals surface area contributed by atoms with E-state index in [0.717, 1.165) is 0 Å². The number of rotatable bonds is 5. The number of carbonyl (C=O) groups is 1. The first-order valence-corrected chi connectivity index (χ1v) is 8.00. The summed E-state index contributed by atoms with van der Waals surface area (Å²) in [5, 5.41) is 2.51. The topological polar surface area (TPSA) is 75.3 Å². The van der Waals surface area contributed by atoms with Gasteiger partial charge in [0, 0.05) is 5.69 Å². The Morgan fingerprint density at radius 1 is 1.05 bits per heavy atom. The van der Waals surface area contributed by atoms with Gasteiger partial charge in [0.2, 0.25) is 15.9 Å². The molecular weight excluding hydrogens is 307 g/mol. The maximum Gasteiger partial charge on any atom is 0.242 e. The maximum atomic E-state index is 12.8. The Labute approximate surface area is 128 Å². The summed E-state index contributed by atoms with van der Waals surface area (Å²) in [5.74, 6) is -0.957. The predicted octanol–water partition coefficient (Wildman–Crippen LogP) is 2.13. The van der Waals surface area contributed by atoms with E-state index in [1.54, 1.807) is 18.2 Å². The van der Waals surface area contributed by atoms with Crippen LogP contribution in [0.15, 0.2) is 59.5 Å². The molecule has 0 spiro atoms. The van der Waals surface area contributed by atoms with E-state index in [1.165, 1.54) is 43.3 Å². The van der Waals surface area contributed by atoms with Crippen molar-refractivity contribution in [1.82, 2.24) is 4.72 Å². The van der Waals surface area contributed by atoms with Crippen molar-refractivity contribution in [1.29, 1.82) is 0 Å². The number of amides is 1. The van der Waals surface area contributed by atoms with Gasteiger partial charge < -0.3 is 5.32 Å². The monoisotopic (exact) mass is 322 g/mol. The van der Waals surface area contributed by atoms with Crippen LogP contribution in [0, 0.1) is 5.82 Å². The van der Waals surface area contributed by atoms with Gasteiger partial charge in [-0.05, 0) is 43.3 Å². The zero-order valence-electron chi connectivity index (χ0n) is 11.8. The molecular formula is C15H15FN2O3S. The lowest BCUT2D eigenvalue weighted by Crippen LogP contribution is -2.41. The minimum absolute atomic E-state index is 0.0800. The number of hydrogen-bond acceptors (Lipinski definition) is 3. The highest BCUT2D eigenvalue weighted by molar-refractivity contribution is 7.89. The number of anilines is 1. The molecule has 5 nitrogen and oxygen atoms in total. The summed E-state index contributed by atoms with van der Waals surface area (Å²) in [6, 6.07) is 12.0. The molecule has 116 valence electrons. The summed E-state index contributed by atoms with van der Waals surface area (Å²) >= 11 is 0. The molecule has 2 rings (SSSR count). The fourth-order valence-corrected chi connectivity index (χ4v) is 2.96. The molecule has 2 N–H and O–H groups in total. The Morgan fingerprint density at radius 3 is 2.23 bits per heavy atom. The molecule has 1 atom stereocenters. The van der Waals surface area contributed by atoms with Gasteiger partial charge in [-0.2, -0.15) is 4.72 Å². The van der Waals surface area contributed by atoms with Crippen molar-refractivity contribution in [2.75, 3.05) is 5.32 Å². The van der Waals surface area contributed by atoms with Gasteiger partial charge >= 0.3 is 0 Å². The van der Waals surface area contributed by atoms with E-state index < -0.39 is 27.8 Å². The fourth-order valence-electron chi connectivity index (χ4n) is 1.74. The molecule has 0 aromatic heterocycles. The van der Waals surface area contributed by atoms with Crippen molar-refractivity contribution in [2.45, 2.75) is 17.9 Å². The standard InChI is InChI=1S/C15H15FN2O3S/c1-11(15(19)17-13-9-7-12(16)8-10-13)18-22(20,21)14-5-3-2-4-6-14/h2-11,18H,1H3,(H,17,19)/t11-/m0/s1. The third kappa shape index (κ3) is 4.12. The van der Waals surface area contributed by atoms with Crippen LogP contribution in [-0.2, 0) is 14.8 Å². The lowest BCUT2D eigenvalue weighted by Gasteiger charge is -2.14. The van der Waals surface area contributed by atoms with E-state index in [1.807, 2.05) is 0 Å². The Balaban J connectivity index is 2.04. The third-order valence-corrected chi connectivity index (χ3v) is 4.45. The summed E-state index contributed by atoms with van der Waals surface area (Å²) < 4.78 is 39.3. The van der Waals surface area contributed by atoms with E-state index in [2.05, 4.69) is 10.0 Å². The molecule has 0 heterocycles. The maximum absolute atomic E-state index is 12.8. The number of halogens is 1. The zero-order chi connectivity index (χ0) is 16.2. The molecule has 0 bridgehead atoms. The Morgan fingerprint density at radius 2 is 1.64 bits per heavy atom. The molecule has 2 aromatic rings. The van der Waals surface area contributed by atoms with Crippen molar-refractivity contribution < 1.29 is 17.6 Å². The second-order valence-corrected chi connectivity index (χ2v) is 6.37. The van der Waals surface area contributed by atoms with Crippen LogP contribution in [0.4, 0.5) is 10.1 Å². The normalized spacial score (nSPS) is 12.6. The van der Waals surface area contributed by atoms with Crippen molar-refractivity contribution in [3.63, 3.8) is 0 Å². The highest BCUT2D eigenvalue weighted by Crippen LogP contribution is 2.11. The predicted molar refractivity (Wildman–Crippen MR) is 81.3 cm³/mol. The highest BCUT2D eigenvalue weighted by atomic mass is 32.2. The average Bonchev–Trinajstić information content (AvgIpc) is 2.50. The molecule has 7 heteroatoms. The minimum atomic E-state index is -3.77. The van der Waals surface area contributed by atoms with Gasteiger partial charge in [-0.15, -0.1) is 0 Å². The van der Waals surface area contributed by atoms with Gasteiger partial charge in [0.25, 0.3) is 0 Å². The molecule has 0 saturated heterocycles. The minimum Gasteiger partial charge on any atom is -0.325 e. The van der Waals surface area contributed by atoms with E-state index in [4.69, 9.17) is 0 Å². The second kappa shape index (κ2) is 6.67. The summed E-state index contributed by atoms with van der Waals surface area (Å²) in [7, 11) is -3.77. The fraction of sp³-hybridized carbons (Fsp3) is 0.133. The number of hydrogen-bond donors (Lipinski definition) is 2. The first kappa shape index (κ1) is 16.1. The molecule has 0 saturated carbocycles. The van der Waals surface area contributed by atoms with Crippen LogP contribution in [-0.4, -0.2) is 20.4 Å². The number of sulfonamides is 1. The van der Waals surface area contributed by atoms with Gasteiger partial charge in [-0.1, -0.05) is 18.2 Å². The molecule has 0 radical (unpaired) electrons. The highest BCUT2D eigenvalue weighted by Gasteiger charge is 2.21. The van der Waals surface area contributed by atoms with Crippen molar-refractivity contribution in [3.8, 4) is 0 Å². The van der Waals surface area contributed by atoms with Crippen LogP contribution in [0.2, 0.25) is 0 Å². The van der Waals surface area contributed by atoms with E-state index >= 15 is 0 Å². The Hall–Kier alpha value is -2.25. The summed E-state index contributed by atoms with van der Waals surface area (Å²) in [4.78, 5) is 12.1. The molecule has 22 heavy (non-hydrogen) atoms. The van der Waals surface area contributed by atoms with Gasteiger partial charge in [0.15, 0.2) is 0 Å². The third-order valence-electron chi connectivity index (χ3n) is 2.89. The van der Waals surface area contributed by atoms with E-state index in [9.17, 15) is 17.6 Å². The average molecular weight is 322 g/mol. The lowest BCUT2D eigenvalue weighted by atomic mass is 10.3. The lowest BCUT2D eigenvalue weighted by molar-refractivity contribution is -0.117. The molecule has 0 fully saturated rings. The van der Waals surface area contributed by atoms with Crippen molar-refractivity contribution in [2.24, 2.45) is 0 Å². The molecule has 0 aliphatic carbocycles. The Kier molecular flexibility index (Phi) is 4.89. The van der Waals surface area contributed by atoms with Crippen molar-refractivity contribution >= 4 is 21.6 Å². The molecule has 0 aliphatic heterocycles. The van der Waals surface area contributed by atoms with Crippen LogP contribution in [0.1, 0.15) is 6.92 Å². The van der Waals surface area contributed by atoms with Crippen LogP contribution in [0.25, 0.3) is 0 Å². The number of carbonyl (C=O) groups excluding carboxylic acids is 1. The van der Waals surface area contributed by atoms with E-state index in [-0.39, 0.29) is 4.90 Å². The molecule has 2 aromatic carbocycles. The summed E-state index contributed by atoms with van der Waals surface area (Å²) in [5.41, 5.74) is 0.386. The molecule has 1 amide bonds. The molecule has 0 unspecified atom stereocenters. The van der Waals surface area contributed by atoms with Gasteiger partial charge in [0.05, 0.1) is 10.9 Å². The smallest absolute Gasteiger partial charge is 0.242 e. The number of benzene rings is 2. The van der Waals surface area contributed by atoms with E-state index in [0.29, 0.717) is 5.69 Å². The van der Waals surface area contributed by atoms with Crippen LogP contribution >= 0.6 is 0 Å². The summed E-state index contributed by atoms with van der Waals surface area (Å²) in [6.07, 6.45) is 0. The van der Waals surface area contributed by atoms with Gasteiger partial charge in [0.1, 0.15) is 5.82 Å². The largest absolute Gasteiger partial charge is 0.325 e. The van der Waals surface area contributed by atoms with Crippen LogP contribution in [0.3, 0.4) is 0 Å². The van der Waals surface area contributed by atoms with Gasteiger partial charge in [-0.3, -0.25) is 4.79 Å². The second-order valence-electron chi connectivity index (χ2n) is 4.65. The zero-order valence-corrected chi connectivity index (χ0v) is 12.6. The number of nitrogens with one attached hydrogen (secondary N) is 2. The SMILES string of the molecule is C[C@H](NS(=O)(=O)c1ccccc1)C(=O)Nc1ccc(F)cc1. The van der Waals surface area contributed by atoms with Gasteiger partial charge in [-0.25, -0.2) is 12.8 Å². The van der Waals surface area contributed by atoms with Crippen molar-refractivity contribution in [3.05, 3.63) is 60.4 Å². The Bertz CT molecular complexity index is 746. The first-order chi connectivity index (χ1) is 10.4. The molecule has 0 aliphatic rings. The summed E-state index contributed by atoms with van der Waals surface area (Å²) in [6.45, 7) is 1.43. The first-order valence-electron chi connectivity index (χ1n) is 6.52. The quantitative estimate of drug-likeness (QED) is 0.885. The van der Waals surface area contributed by atoms with Crippen LogP contribution in [0.5, 0.6) is 0 Å². The van der Waals surface area contributed by atoms with Crippen LogP contribution < -0.4 is 10.0 Å².